The molecule has 2 rings (SSSR count). The van der Waals surface area contributed by atoms with Gasteiger partial charge in [-0.15, -0.1) is 0 Å². The average Bonchev–Trinajstić information content (AvgIpc) is 2.70. The maximum atomic E-state index is 12.5. The number of aliphatic hydroxyl groups is 1. The lowest BCUT2D eigenvalue weighted by Gasteiger charge is -2.44. The smallest absolute Gasteiger partial charge is 0.303 e. The van der Waals surface area contributed by atoms with Crippen LogP contribution in [0.4, 0.5) is 0 Å². The Labute approximate surface area is 199 Å². The molecule has 13 heteroatoms. The van der Waals surface area contributed by atoms with Crippen molar-refractivity contribution in [2.45, 2.75) is 51.4 Å². The minimum absolute atomic E-state index is 0.182. The van der Waals surface area contributed by atoms with Gasteiger partial charge in [0, 0.05) is 25.8 Å². The first-order valence-corrected chi connectivity index (χ1v) is 10.4. The SMILES string of the molecule is CC(=O)O[C@@H]1[C@@H](OC(C)=O)[C@H](NC(=O)COc2ccc(Cl)cc2Cl)O[C@H](CO)[C@H]1OC(C)=O. The number of ether oxygens (including phenoxy) is 5. The van der Waals surface area contributed by atoms with Crippen molar-refractivity contribution in [3.8, 4) is 5.75 Å². The first-order chi connectivity index (χ1) is 15.5. The number of hydrogen-bond acceptors (Lipinski definition) is 10. The third-order valence-corrected chi connectivity index (χ3v) is 4.81. The van der Waals surface area contributed by atoms with Gasteiger partial charge in [0.1, 0.15) is 11.9 Å². The predicted octanol–water partition coefficient (Wildman–Crippen LogP) is 1.00. The van der Waals surface area contributed by atoms with Gasteiger partial charge in [-0.1, -0.05) is 23.2 Å². The van der Waals surface area contributed by atoms with Crippen LogP contribution in [0.2, 0.25) is 10.0 Å². The standard InChI is InChI=1S/C20H23Cl2NO10/c1-9(25)30-17-15(7-24)33-20(19(32-11(3)27)18(17)31-10(2)26)23-16(28)8-29-14-5-4-12(21)6-13(14)22/h4-6,15,17-20,24H,7-8H2,1-3H3,(H,23,28)/t15-,17-,18+,19-,20-/m1/s1. The van der Waals surface area contributed by atoms with E-state index in [4.69, 9.17) is 46.9 Å². The molecular formula is C20H23Cl2NO10. The normalized spacial score (nSPS) is 24.4. The van der Waals surface area contributed by atoms with Crippen LogP contribution in [0.15, 0.2) is 18.2 Å². The highest BCUT2D eigenvalue weighted by atomic mass is 35.5. The van der Waals surface area contributed by atoms with Crippen LogP contribution in [0.25, 0.3) is 0 Å². The molecule has 1 fully saturated rings. The Balaban J connectivity index is 2.22. The molecule has 0 bridgehead atoms. The molecule has 1 saturated heterocycles. The highest BCUT2D eigenvalue weighted by molar-refractivity contribution is 6.35. The van der Waals surface area contributed by atoms with E-state index in [1.54, 1.807) is 0 Å². The van der Waals surface area contributed by atoms with Gasteiger partial charge in [0.15, 0.2) is 31.1 Å². The first-order valence-electron chi connectivity index (χ1n) is 9.67. The quantitative estimate of drug-likeness (QED) is 0.385. The first kappa shape index (κ1) is 26.7. The lowest BCUT2D eigenvalue weighted by molar-refractivity contribution is -0.255. The van der Waals surface area contributed by atoms with Gasteiger partial charge in [0.25, 0.3) is 5.91 Å². The average molecular weight is 508 g/mol. The highest BCUT2D eigenvalue weighted by Crippen LogP contribution is 2.29. The molecule has 0 saturated carbocycles. The van der Waals surface area contributed by atoms with E-state index < -0.39 is 67.7 Å². The fraction of sp³-hybridized carbons (Fsp3) is 0.500. The number of rotatable bonds is 8. The molecule has 1 aliphatic rings. The maximum Gasteiger partial charge on any atom is 0.303 e. The van der Waals surface area contributed by atoms with Gasteiger partial charge in [-0.2, -0.15) is 0 Å². The van der Waals surface area contributed by atoms with Crippen molar-refractivity contribution >= 4 is 47.0 Å². The van der Waals surface area contributed by atoms with Crippen LogP contribution < -0.4 is 10.1 Å². The number of benzene rings is 1. The highest BCUT2D eigenvalue weighted by Gasteiger charge is 2.52. The summed E-state index contributed by atoms with van der Waals surface area (Å²) in [5.41, 5.74) is 0. The van der Waals surface area contributed by atoms with E-state index in [2.05, 4.69) is 5.32 Å². The van der Waals surface area contributed by atoms with E-state index in [1.807, 2.05) is 0 Å². The van der Waals surface area contributed by atoms with Crippen molar-refractivity contribution in [1.29, 1.82) is 0 Å². The second-order valence-corrected chi connectivity index (χ2v) is 7.77. The fourth-order valence-electron chi connectivity index (χ4n) is 3.09. The van der Waals surface area contributed by atoms with Crippen LogP contribution in [0.5, 0.6) is 5.75 Å². The molecule has 1 heterocycles. The van der Waals surface area contributed by atoms with Crippen LogP contribution in [0.3, 0.4) is 0 Å². The molecule has 0 radical (unpaired) electrons. The number of hydrogen-bond donors (Lipinski definition) is 2. The molecule has 1 aliphatic heterocycles. The molecule has 5 atom stereocenters. The van der Waals surface area contributed by atoms with E-state index >= 15 is 0 Å². The number of esters is 3. The summed E-state index contributed by atoms with van der Waals surface area (Å²) in [5.74, 6) is -2.84. The van der Waals surface area contributed by atoms with Gasteiger partial charge in [-0.25, -0.2) is 0 Å². The van der Waals surface area contributed by atoms with Crippen LogP contribution in [0.1, 0.15) is 20.8 Å². The lowest BCUT2D eigenvalue weighted by Crippen LogP contribution is -2.66. The van der Waals surface area contributed by atoms with E-state index in [-0.39, 0.29) is 10.8 Å². The molecule has 1 aromatic carbocycles. The molecule has 2 N–H and O–H groups in total. The van der Waals surface area contributed by atoms with Gasteiger partial charge in [0.2, 0.25) is 0 Å². The molecule has 1 aromatic rings. The Bertz CT molecular complexity index is 896. The van der Waals surface area contributed by atoms with E-state index in [1.165, 1.54) is 18.2 Å². The molecule has 0 unspecified atom stereocenters. The summed E-state index contributed by atoms with van der Waals surface area (Å²) in [7, 11) is 0. The van der Waals surface area contributed by atoms with Crippen LogP contribution in [-0.2, 0) is 38.1 Å². The fourth-order valence-corrected chi connectivity index (χ4v) is 3.56. The molecule has 33 heavy (non-hydrogen) atoms. The topological polar surface area (TPSA) is 147 Å². The second kappa shape index (κ2) is 12.0. The number of carbonyl (C=O) groups is 4. The van der Waals surface area contributed by atoms with E-state index in [0.717, 1.165) is 20.8 Å². The summed E-state index contributed by atoms with van der Waals surface area (Å²) in [6.07, 6.45) is -6.67. The van der Waals surface area contributed by atoms with Gasteiger partial charge < -0.3 is 34.1 Å². The van der Waals surface area contributed by atoms with Crippen LogP contribution in [-0.4, -0.2) is 72.8 Å². The maximum absolute atomic E-state index is 12.5. The van der Waals surface area contributed by atoms with Crippen molar-refractivity contribution in [1.82, 2.24) is 5.32 Å². The lowest BCUT2D eigenvalue weighted by atomic mass is 9.97. The van der Waals surface area contributed by atoms with Crippen molar-refractivity contribution in [2.75, 3.05) is 13.2 Å². The molecule has 182 valence electrons. The van der Waals surface area contributed by atoms with Crippen molar-refractivity contribution in [2.24, 2.45) is 0 Å². The summed E-state index contributed by atoms with van der Waals surface area (Å²) < 4.78 is 26.5. The van der Waals surface area contributed by atoms with Crippen molar-refractivity contribution < 1.29 is 48.0 Å². The van der Waals surface area contributed by atoms with Crippen molar-refractivity contribution in [3.63, 3.8) is 0 Å². The molecule has 0 aliphatic carbocycles. The molecule has 0 spiro atoms. The van der Waals surface area contributed by atoms with Crippen molar-refractivity contribution in [3.05, 3.63) is 28.2 Å². The Morgan fingerprint density at radius 3 is 2.09 bits per heavy atom. The van der Waals surface area contributed by atoms with Gasteiger partial charge in [0.05, 0.1) is 11.6 Å². The monoisotopic (exact) mass is 507 g/mol. The summed E-state index contributed by atoms with van der Waals surface area (Å²) >= 11 is 11.8. The number of carbonyl (C=O) groups excluding carboxylic acids is 4. The zero-order chi connectivity index (χ0) is 24.7. The molecular weight excluding hydrogens is 485 g/mol. The predicted molar refractivity (Wildman–Crippen MR) is 113 cm³/mol. The number of halogens is 2. The third kappa shape index (κ3) is 7.74. The largest absolute Gasteiger partial charge is 0.482 e. The molecule has 1 amide bonds. The van der Waals surface area contributed by atoms with Gasteiger partial charge >= 0.3 is 17.9 Å². The zero-order valence-electron chi connectivity index (χ0n) is 17.9. The van der Waals surface area contributed by atoms with E-state index in [0.29, 0.717) is 5.02 Å². The van der Waals surface area contributed by atoms with E-state index in [9.17, 15) is 24.3 Å². The van der Waals surface area contributed by atoms with Gasteiger partial charge in [-0.3, -0.25) is 19.2 Å². The summed E-state index contributed by atoms with van der Waals surface area (Å²) in [6, 6.07) is 4.42. The second-order valence-electron chi connectivity index (χ2n) is 6.93. The van der Waals surface area contributed by atoms with Crippen LogP contribution in [0, 0.1) is 0 Å². The zero-order valence-corrected chi connectivity index (χ0v) is 19.4. The Kier molecular flexibility index (Phi) is 9.71. The summed E-state index contributed by atoms with van der Waals surface area (Å²) in [6.45, 7) is 2.12. The number of nitrogens with one attached hydrogen (secondary N) is 1. The Morgan fingerprint density at radius 2 is 1.55 bits per heavy atom. The van der Waals surface area contributed by atoms with Crippen LogP contribution >= 0.6 is 23.2 Å². The molecule has 11 nitrogen and oxygen atoms in total. The molecule has 0 aromatic heterocycles. The minimum atomic E-state index is -1.40. The summed E-state index contributed by atoms with van der Waals surface area (Å²) in [4.78, 5) is 47.4. The third-order valence-electron chi connectivity index (χ3n) is 4.28. The number of aliphatic hydroxyl groups excluding tert-OH is 1. The number of amides is 1. The summed E-state index contributed by atoms with van der Waals surface area (Å²) in [5, 5.41) is 12.7. The Hall–Kier alpha value is -2.60. The van der Waals surface area contributed by atoms with Gasteiger partial charge in [-0.05, 0) is 18.2 Å². The minimum Gasteiger partial charge on any atom is -0.482 e. The Morgan fingerprint density at radius 1 is 0.970 bits per heavy atom.